The van der Waals surface area contributed by atoms with Gasteiger partial charge >= 0.3 is 6.09 Å². The van der Waals surface area contributed by atoms with E-state index in [2.05, 4.69) is 10.6 Å². The molecule has 0 heterocycles. The van der Waals surface area contributed by atoms with Crippen molar-refractivity contribution in [2.75, 3.05) is 13.2 Å². The molecule has 0 aliphatic rings. The molecule has 0 fully saturated rings. The van der Waals surface area contributed by atoms with Gasteiger partial charge in [0.2, 0.25) is 5.91 Å². The summed E-state index contributed by atoms with van der Waals surface area (Å²) in [5.41, 5.74) is 1.05. The monoisotopic (exact) mass is 326 g/mol. The topological polar surface area (TPSA) is 67.4 Å². The second kappa shape index (κ2) is 9.30. The molecule has 5 nitrogen and oxygen atoms in total. The zero-order valence-electron chi connectivity index (χ0n) is 13.2. The Morgan fingerprint density at radius 3 is 2.64 bits per heavy atom. The minimum Gasteiger partial charge on any atom is -0.450 e. The number of ether oxygens (including phenoxy) is 1. The number of rotatable bonds is 7. The number of hydrogen-bond acceptors (Lipinski definition) is 3. The molecule has 1 aromatic rings. The quantitative estimate of drug-likeness (QED) is 0.809. The molecule has 0 spiro atoms. The van der Waals surface area contributed by atoms with Gasteiger partial charge in [-0.05, 0) is 37.0 Å². The molecular formula is C16H23ClN2O3. The molecule has 2 N–H and O–H groups in total. The number of hydrogen-bond donors (Lipinski definition) is 2. The first kappa shape index (κ1) is 18.3. The molecule has 122 valence electrons. The summed E-state index contributed by atoms with van der Waals surface area (Å²) in [6.45, 7) is 6.20. The van der Waals surface area contributed by atoms with Crippen LogP contribution in [-0.2, 0) is 16.0 Å². The van der Waals surface area contributed by atoms with Crippen LogP contribution in [-0.4, -0.2) is 31.2 Å². The molecule has 1 aromatic carbocycles. The van der Waals surface area contributed by atoms with Crippen molar-refractivity contribution in [3.05, 3.63) is 34.9 Å². The van der Waals surface area contributed by atoms with Gasteiger partial charge in [-0.3, -0.25) is 4.79 Å². The molecule has 0 aromatic heterocycles. The SMILES string of the molecule is CCOC(=O)N[C@H](C(=O)NCCc1cccc(Cl)c1)C(C)C. The summed E-state index contributed by atoms with van der Waals surface area (Å²) in [7, 11) is 0. The highest BCUT2D eigenvalue weighted by Gasteiger charge is 2.24. The van der Waals surface area contributed by atoms with Crippen molar-refractivity contribution < 1.29 is 14.3 Å². The van der Waals surface area contributed by atoms with E-state index >= 15 is 0 Å². The normalized spacial score (nSPS) is 11.9. The van der Waals surface area contributed by atoms with Crippen LogP contribution in [0.5, 0.6) is 0 Å². The van der Waals surface area contributed by atoms with E-state index in [1.165, 1.54) is 0 Å². The third-order valence-electron chi connectivity index (χ3n) is 3.10. The predicted molar refractivity (Wildman–Crippen MR) is 86.9 cm³/mol. The first-order chi connectivity index (χ1) is 10.4. The van der Waals surface area contributed by atoms with Crippen molar-refractivity contribution in [2.45, 2.75) is 33.2 Å². The second-order valence-electron chi connectivity index (χ2n) is 5.26. The number of halogens is 1. The highest BCUT2D eigenvalue weighted by Crippen LogP contribution is 2.10. The van der Waals surface area contributed by atoms with Crippen LogP contribution in [0.15, 0.2) is 24.3 Å². The molecule has 2 amide bonds. The van der Waals surface area contributed by atoms with Gasteiger partial charge in [0, 0.05) is 11.6 Å². The zero-order valence-corrected chi connectivity index (χ0v) is 13.9. The van der Waals surface area contributed by atoms with E-state index in [1.54, 1.807) is 6.92 Å². The number of carbonyl (C=O) groups is 2. The van der Waals surface area contributed by atoms with Crippen molar-refractivity contribution in [1.82, 2.24) is 10.6 Å². The maximum absolute atomic E-state index is 12.2. The summed E-state index contributed by atoms with van der Waals surface area (Å²) in [5, 5.41) is 6.08. The second-order valence-corrected chi connectivity index (χ2v) is 5.69. The first-order valence-corrected chi connectivity index (χ1v) is 7.77. The minimum absolute atomic E-state index is 0.0319. The van der Waals surface area contributed by atoms with E-state index in [4.69, 9.17) is 16.3 Å². The van der Waals surface area contributed by atoms with Crippen molar-refractivity contribution >= 4 is 23.6 Å². The largest absolute Gasteiger partial charge is 0.450 e. The Labute approximate surface area is 136 Å². The number of alkyl carbamates (subject to hydrolysis) is 1. The Bertz CT molecular complexity index is 506. The fourth-order valence-electron chi connectivity index (χ4n) is 1.97. The van der Waals surface area contributed by atoms with Crippen LogP contribution in [0.4, 0.5) is 4.79 Å². The van der Waals surface area contributed by atoms with E-state index in [9.17, 15) is 9.59 Å². The summed E-state index contributed by atoms with van der Waals surface area (Å²) in [5.74, 6) is -0.249. The van der Waals surface area contributed by atoms with E-state index in [0.717, 1.165) is 5.56 Å². The summed E-state index contributed by atoms with van der Waals surface area (Å²) in [6.07, 6.45) is 0.0995. The first-order valence-electron chi connectivity index (χ1n) is 7.39. The van der Waals surface area contributed by atoms with Gasteiger partial charge in [-0.2, -0.15) is 0 Å². The van der Waals surface area contributed by atoms with Gasteiger partial charge in [0.25, 0.3) is 0 Å². The lowest BCUT2D eigenvalue weighted by Crippen LogP contribution is -2.50. The maximum Gasteiger partial charge on any atom is 0.407 e. The number of benzene rings is 1. The Morgan fingerprint density at radius 1 is 1.32 bits per heavy atom. The highest BCUT2D eigenvalue weighted by atomic mass is 35.5. The molecule has 6 heteroatoms. The molecule has 0 bridgehead atoms. The minimum atomic E-state index is -0.613. The number of carbonyl (C=O) groups excluding carboxylic acids is 2. The number of amides is 2. The fraction of sp³-hybridized carbons (Fsp3) is 0.500. The van der Waals surface area contributed by atoms with E-state index in [1.807, 2.05) is 38.1 Å². The molecule has 0 radical (unpaired) electrons. The van der Waals surface area contributed by atoms with Gasteiger partial charge < -0.3 is 15.4 Å². The van der Waals surface area contributed by atoms with Gasteiger partial charge in [-0.1, -0.05) is 37.6 Å². The summed E-state index contributed by atoms with van der Waals surface area (Å²) in [6, 6.07) is 6.89. The van der Waals surface area contributed by atoms with Crippen LogP contribution in [0, 0.1) is 5.92 Å². The molecule has 1 rings (SSSR count). The Kier molecular flexibility index (Phi) is 7.74. The molecule has 0 saturated carbocycles. The molecule has 0 aliphatic carbocycles. The zero-order chi connectivity index (χ0) is 16.5. The summed E-state index contributed by atoms with van der Waals surface area (Å²) >= 11 is 5.92. The van der Waals surface area contributed by atoms with Crippen molar-refractivity contribution in [3.63, 3.8) is 0 Å². The van der Waals surface area contributed by atoms with Crippen LogP contribution in [0.25, 0.3) is 0 Å². The Hall–Kier alpha value is -1.75. The standard InChI is InChI=1S/C16H23ClN2O3/c1-4-22-16(21)19-14(11(2)3)15(20)18-9-8-12-6-5-7-13(17)10-12/h5-7,10-11,14H,4,8-9H2,1-3H3,(H,18,20)(H,19,21)/t14-/m0/s1. The maximum atomic E-state index is 12.2. The van der Waals surface area contributed by atoms with E-state index < -0.39 is 12.1 Å². The van der Waals surface area contributed by atoms with Crippen LogP contribution in [0.3, 0.4) is 0 Å². The molecule has 0 unspecified atom stereocenters. The van der Waals surface area contributed by atoms with Crippen LogP contribution in [0.2, 0.25) is 5.02 Å². The Balaban J connectivity index is 2.48. The van der Waals surface area contributed by atoms with Crippen LogP contribution in [0.1, 0.15) is 26.3 Å². The molecule has 22 heavy (non-hydrogen) atoms. The highest BCUT2D eigenvalue weighted by molar-refractivity contribution is 6.30. The smallest absolute Gasteiger partial charge is 0.407 e. The van der Waals surface area contributed by atoms with Crippen molar-refractivity contribution in [3.8, 4) is 0 Å². The van der Waals surface area contributed by atoms with Crippen LogP contribution >= 0.6 is 11.6 Å². The Morgan fingerprint density at radius 2 is 2.05 bits per heavy atom. The molecule has 0 saturated heterocycles. The lowest BCUT2D eigenvalue weighted by molar-refractivity contribution is -0.124. The molecular weight excluding hydrogens is 304 g/mol. The number of nitrogens with one attached hydrogen (secondary N) is 2. The lowest BCUT2D eigenvalue weighted by Gasteiger charge is -2.21. The predicted octanol–water partition coefficient (Wildman–Crippen LogP) is 2.77. The summed E-state index contributed by atoms with van der Waals surface area (Å²) in [4.78, 5) is 23.6. The average molecular weight is 327 g/mol. The molecule has 1 atom stereocenters. The van der Waals surface area contributed by atoms with Crippen molar-refractivity contribution in [1.29, 1.82) is 0 Å². The van der Waals surface area contributed by atoms with Crippen LogP contribution < -0.4 is 10.6 Å². The van der Waals surface area contributed by atoms with Crippen molar-refractivity contribution in [2.24, 2.45) is 5.92 Å². The van der Waals surface area contributed by atoms with E-state index in [-0.39, 0.29) is 18.4 Å². The lowest BCUT2D eigenvalue weighted by atomic mass is 10.0. The van der Waals surface area contributed by atoms with Gasteiger partial charge in [0.15, 0.2) is 0 Å². The third kappa shape index (κ3) is 6.35. The summed E-state index contributed by atoms with van der Waals surface area (Å²) < 4.78 is 4.81. The van der Waals surface area contributed by atoms with E-state index in [0.29, 0.717) is 18.0 Å². The third-order valence-corrected chi connectivity index (χ3v) is 3.33. The van der Waals surface area contributed by atoms with Gasteiger partial charge in [0.05, 0.1) is 6.61 Å². The average Bonchev–Trinajstić information content (AvgIpc) is 2.44. The molecule has 0 aliphatic heterocycles. The van der Waals surface area contributed by atoms with Gasteiger partial charge in [-0.25, -0.2) is 4.79 Å². The van der Waals surface area contributed by atoms with Gasteiger partial charge in [0.1, 0.15) is 6.04 Å². The fourth-order valence-corrected chi connectivity index (χ4v) is 2.18. The van der Waals surface area contributed by atoms with Gasteiger partial charge in [-0.15, -0.1) is 0 Å².